The monoisotopic (exact) mass is 331 g/mol. The summed E-state index contributed by atoms with van der Waals surface area (Å²) in [6.07, 6.45) is 0.427. The summed E-state index contributed by atoms with van der Waals surface area (Å²) in [5.41, 5.74) is 2.86. The van der Waals surface area contributed by atoms with Gasteiger partial charge in [-0.1, -0.05) is 0 Å². The van der Waals surface area contributed by atoms with Gasteiger partial charge in [0.1, 0.15) is 0 Å². The molecule has 1 aromatic carbocycles. The molecule has 0 aliphatic rings. The summed E-state index contributed by atoms with van der Waals surface area (Å²) in [6, 6.07) is 9.29. The smallest absolute Gasteiger partial charge is 0.251 e. The van der Waals surface area contributed by atoms with E-state index < -0.39 is 5.54 Å². The van der Waals surface area contributed by atoms with Gasteiger partial charge in [0.2, 0.25) is 0 Å². The molecule has 1 unspecified atom stereocenters. The van der Waals surface area contributed by atoms with Gasteiger partial charge < -0.3 is 15.2 Å². The summed E-state index contributed by atoms with van der Waals surface area (Å²) in [5, 5.41) is 16.6. The van der Waals surface area contributed by atoms with Crippen LogP contribution >= 0.6 is 0 Å². The van der Waals surface area contributed by atoms with E-state index in [-0.39, 0.29) is 12.5 Å². The molecule has 1 atom stereocenters. The standard InChI is InChI=1S/C18H25N3O3/c1-13-11-14(2)21(20-13)16-7-5-15(6-8-16)17(23)19-18(3,9-10-22)12-24-4/h5-8,11,22H,9-10,12H2,1-4H3,(H,19,23). The fourth-order valence-corrected chi connectivity index (χ4v) is 2.73. The number of nitrogens with one attached hydrogen (secondary N) is 1. The average molecular weight is 331 g/mol. The maximum atomic E-state index is 12.5. The van der Waals surface area contributed by atoms with Crippen LogP contribution in [0.5, 0.6) is 0 Å². The van der Waals surface area contributed by atoms with Gasteiger partial charge in [-0.3, -0.25) is 4.79 Å². The van der Waals surface area contributed by atoms with Crippen molar-refractivity contribution in [2.75, 3.05) is 20.3 Å². The Morgan fingerprint density at radius 3 is 2.50 bits per heavy atom. The van der Waals surface area contributed by atoms with Crippen molar-refractivity contribution in [1.82, 2.24) is 15.1 Å². The van der Waals surface area contributed by atoms with Crippen LogP contribution in [0.1, 0.15) is 35.1 Å². The molecule has 0 radical (unpaired) electrons. The number of hydrogen-bond donors (Lipinski definition) is 2. The lowest BCUT2D eigenvalue weighted by molar-refractivity contribution is 0.0725. The van der Waals surface area contributed by atoms with Gasteiger partial charge in [-0.25, -0.2) is 4.68 Å². The maximum absolute atomic E-state index is 12.5. The van der Waals surface area contributed by atoms with Crippen LogP contribution in [-0.2, 0) is 4.74 Å². The first-order valence-corrected chi connectivity index (χ1v) is 7.94. The van der Waals surface area contributed by atoms with Crippen molar-refractivity contribution in [3.05, 3.63) is 47.3 Å². The van der Waals surface area contributed by atoms with E-state index in [0.29, 0.717) is 18.6 Å². The first kappa shape index (κ1) is 18.2. The van der Waals surface area contributed by atoms with E-state index in [9.17, 15) is 9.90 Å². The zero-order valence-electron chi connectivity index (χ0n) is 14.7. The summed E-state index contributed by atoms with van der Waals surface area (Å²) in [5.74, 6) is -0.192. The first-order chi connectivity index (χ1) is 11.4. The lowest BCUT2D eigenvalue weighted by Crippen LogP contribution is -2.50. The second kappa shape index (κ2) is 7.59. The van der Waals surface area contributed by atoms with Gasteiger partial charge in [-0.05, 0) is 57.5 Å². The number of rotatable bonds is 7. The molecule has 0 spiro atoms. The molecule has 130 valence electrons. The topological polar surface area (TPSA) is 76.4 Å². The Labute approximate surface area is 142 Å². The molecule has 1 aromatic heterocycles. The minimum absolute atomic E-state index is 0.0169. The summed E-state index contributed by atoms with van der Waals surface area (Å²) in [7, 11) is 1.57. The number of amides is 1. The predicted octanol–water partition coefficient (Wildman–Crippen LogP) is 2.01. The Kier molecular flexibility index (Phi) is 5.75. The number of aliphatic hydroxyl groups excluding tert-OH is 1. The fourth-order valence-electron chi connectivity index (χ4n) is 2.73. The van der Waals surface area contributed by atoms with E-state index in [0.717, 1.165) is 17.1 Å². The zero-order chi connectivity index (χ0) is 17.7. The Hall–Kier alpha value is -2.18. The molecule has 24 heavy (non-hydrogen) atoms. The Bertz CT molecular complexity index is 686. The van der Waals surface area contributed by atoms with Crippen LogP contribution in [0.4, 0.5) is 0 Å². The van der Waals surface area contributed by atoms with Gasteiger partial charge in [0, 0.05) is 25.0 Å². The van der Waals surface area contributed by atoms with E-state index in [1.165, 1.54) is 0 Å². The molecule has 0 aliphatic heterocycles. The highest BCUT2D eigenvalue weighted by atomic mass is 16.5. The van der Waals surface area contributed by atoms with Crippen molar-refractivity contribution in [2.45, 2.75) is 32.7 Å². The molecule has 2 rings (SSSR count). The number of ether oxygens (including phenoxy) is 1. The van der Waals surface area contributed by atoms with Crippen molar-refractivity contribution < 1.29 is 14.6 Å². The van der Waals surface area contributed by atoms with Gasteiger partial charge in [0.25, 0.3) is 5.91 Å². The molecular formula is C18H25N3O3. The van der Waals surface area contributed by atoms with Crippen molar-refractivity contribution in [1.29, 1.82) is 0 Å². The third-order valence-electron chi connectivity index (χ3n) is 3.93. The van der Waals surface area contributed by atoms with E-state index in [4.69, 9.17) is 4.74 Å². The molecule has 0 saturated heterocycles. The van der Waals surface area contributed by atoms with E-state index in [2.05, 4.69) is 10.4 Å². The van der Waals surface area contributed by atoms with Crippen LogP contribution in [-0.4, -0.2) is 46.7 Å². The van der Waals surface area contributed by atoms with E-state index in [1.54, 1.807) is 19.2 Å². The number of aryl methyl sites for hydroxylation is 2. The van der Waals surface area contributed by atoms with Crippen molar-refractivity contribution in [2.24, 2.45) is 0 Å². The van der Waals surface area contributed by atoms with Crippen LogP contribution in [0.15, 0.2) is 30.3 Å². The van der Waals surface area contributed by atoms with Crippen LogP contribution in [0, 0.1) is 13.8 Å². The highest BCUT2D eigenvalue weighted by Crippen LogP contribution is 2.15. The summed E-state index contributed by atoms with van der Waals surface area (Å²) in [6.45, 7) is 6.11. The number of methoxy groups -OCH3 is 1. The first-order valence-electron chi connectivity index (χ1n) is 7.94. The van der Waals surface area contributed by atoms with Crippen LogP contribution in [0.2, 0.25) is 0 Å². The second-order valence-electron chi connectivity index (χ2n) is 6.31. The Morgan fingerprint density at radius 2 is 2.00 bits per heavy atom. The lowest BCUT2D eigenvalue weighted by Gasteiger charge is -2.29. The summed E-state index contributed by atoms with van der Waals surface area (Å²) < 4.78 is 7.00. The van der Waals surface area contributed by atoms with Crippen LogP contribution in [0.25, 0.3) is 5.69 Å². The summed E-state index contributed by atoms with van der Waals surface area (Å²) >= 11 is 0. The highest BCUT2D eigenvalue weighted by molar-refractivity contribution is 5.94. The second-order valence-corrected chi connectivity index (χ2v) is 6.31. The number of hydrogen-bond acceptors (Lipinski definition) is 4. The largest absolute Gasteiger partial charge is 0.396 e. The minimum Gasteiger partial charge on any atom is -0.396 e. The summed E-state index contributed by atoms with van der Waals surface area (Å²) in [4.78, 5) is 12.5. The number of benzene rings is 1. The highest BCUT2D eigenvalue weighted by Gasteiger charge is 2.26. The normalized spacial score (nSPS) is 13.5. The SMILES string of the molecule is COCC(C)(CCO)NC(=O)c1ccc(-n2nc(C)cc2C)cc1. The molecule has 1 heterocycles. The maximum Gasteiger partial charge on any atom is 0.251 e. The van der Waals surface area contributed by atoms with Gasteiger partial charge in [0.15, 0.2) is 0 Å². The number of carbonyl (C=O) groups excluding carboxylic acids is 1. The number of nitrogens with zero attached hydrogens (tertiary/aromatic N) is 2. The Morgan fingerprint density at radius 1 is 1.33 bits per heavy atom. The number of carbonyl (C=O) groups is 1. The zero-order valence-corrected chi connectivity index (χ0v) is 14.7. The number of aliphatic hydroxyl groups is 1. The van der Waals surface area contributed by atoms with Gasteiger partial charge in [-0.15, -0.1) is 0 Å². The fraction of sp³-hybridized carbons (Fsp3) is 0.444. The molecule has 0 bridgehead atoms. The van der Waals surface area contributed by atoms with Gasteiger partial charge in [0.05, 0.1) is 23.5 Å². The predicted molar refractivity (Wildman–Crippen MR) is 92.5 cm³/mol. The Balaban J connectivity index is 2.15. The third kappa shape index (κ3) is 4.21. The lowest BCUT2D eigenvalue weighted by atomic mass is 9.98. The molecule has 6 nitrogen and oxygen atoms in total. The van der Waals surface area contributed by atoms with Gasteiger partial charge >= 0.3 is 0 Å². The van der Waals surface area contributed by atoms with Gasteiger partial charge in [-0.2, -0.15) is 5.10 Å². The quantitative estimate of drug-likeness (QED) is 0.814. The number of aromatic nitrogens is 2. The minimum atomic E-state index is -0.602. The molecular weight excluding hydrogens is 306 g/mol. The van der Waals surface area contributed by atoms with Crippen molar-refractivity contribution >= 4 is 5.91 Å². The van der Waals surface area contributed by atoms with Crippen LogP contribution < -0.4 is 5.32 Å². The van der Waals surface area contributed by atoms with Crippen molar-refractivity contribution in [3.63, 3.8) is 0 Å². The average Bonchev–Trinajstić information content (AvgIpc) is 2.86. The molecule has 0 saturated carbocycles. The molecule has 2 N–H and O–H groups in total. The van der Waals surface area contributed by atoms with E-state index in [1.807, 2.05) is 43.7 Å². The molecule has 6 heteroatoms. The molecule has 0 fully saturated rings. The van der Waals surface area contributed by atoms with Crippen molar-refractivity contribution in [3.8, 4) is 5.69 Å². The molecule has 2 aromatic rings. The van der Waals surface area contributed by atoms with E-state index >= 15 is 0 Å². The van der Waals surface area contributed by atoms with Crippen LogP contribution in [0.3, 0.4) is 0 Å². The molecule has 1 amide bonds. The molecule has 0 aliphatic carbocycles. The third-order valence-corrected chi connectivity index (χ3v) is 3.93.